The van der Waals surface area contributed by atoms with Crippen LogP contribution in [0.25, 0.3) is 6.08 Å². The van der Waals surface area contributed by atoms with Gasteiger partial charge in [0.05, 0.1) is 27.9 Å². The van der Waals surface area contributed by atoms with Gasteiger partial charge >= 0.3 is 12.2 Å². The van der Waals surface area contributed by atoms with Crippen LogP contribution < -0.4 is 19.7 Å². The second-order valence-electron chi connectivity index (χ2n) is 6.98. The van der Waals surface area contributed by atoms with Crippen molar-refractivity contribution < 1.29 is 37.0 Å². The van der Waals surface area contributed by atoms with Crippen molar-refractivity contribution in [1.29, 1.82) is 0 Å². The smallest absolute Gasteiger partial charge is 0.416 e. The van der Waals surface area contributed by atoms with Crippen LogP contribution in [0.4, 0.5) is 23.7 Å². The number of imide groups is 2. The number of carbonyl (C=O) groups excluding carboxylic acids is 3. The number of benzene rings is 2. The van der Waals surface area contributed by atoms with E-state index in [9.17, 15) is 27.6 Å². The molecule has 1 heterocycles. The predicted molar refractivity (Wildman–Crippen MR) is 124 cm³/mol. The zero-order valence-electron chi connectivity index (χ0n) is 18.0. The molecule has 1 aliphatic rings. The molecule has 2 aromatic carbocycles. The number of halogens is 5. The second-order valence-corrected chi connectivity index (χ2v) is 7.80. The number of amides is 4. The van der Waals surface area contributed by atoms with Crippen molar-refractivity contribution in [2.45, 2.75) is 13.1 Å². The molecule has 1 aliphatic heterocycles. The molecule has 0 atom stereocenters. The average molecular weight is 529 g/mol. The normalized spacial score (nSPS) is 15.3. The number of hydrogen-bond acceptors (Lipinski definition) is 5. The van der Waals surface area contributed by atoms with Gasteiger partial charge < -0.3 is 9.47 Å². The molecule has 0 aliphatic carbocycles. The van der Waals surface area contributed by atoms with E-state index >= 15 is 0 Å². The number of hydrogen-bond donors (Lipinski definition) is 1. The molecule has 1 saturated heterocycles. The van der Waals surface area contributed by atoms with Crippen molar-refractivity contribution in [2.75, 3.05) is 18.1 Å². The topological polar surface area (TPSA) is 84.9 Å². The highest BCUT2D eigenvalue weighted by molar-refractivity contribution is 6.42. The number of urea groups is 1. The van der Waals surface area contributed by atoms with E-state index in [1.165, 1.54) is 18.2 Å². The van der Waals surface area contributed by atoms with Gasteiger partial charge in [-0.05, 0) is 48.9 Å². The fourth-order valence-electron chi connectivity index (χ4n) is 3.12. The maximum absolute atomic E-state index is 13.2. The largest absolute Gasteiger partial charge is 0.490 e. The number of rotatable bonds is 7. The van der Waals surface area contributed by atoms with Crippen LogP contribution >= 0.6 is 23.2 Å². The summed E-state index contributed by atoms with van der Waals surface area (Å²) in [5.74, 6) is -1.81. The summed E-state index contributed by atoms with van der Waals surface area (Å²) in [4.78, 5) is 38.3. The molecule has 4 amide bonds. The lowest BCUT2D eigenvalue weighted by atomic mass is 10.1. The van der Waals surface area contributed by atoms with E-state index in [0.717, 1.165) is 12.1 Å². The number of nitrogens with one attached hydrogen (secondary N) is 1. The van der Waals surface area contributed by atoms with Gasteiger partial charge in [0.25, 0.3) is 11.8 Å². The van der Waals surface area contributed by atoms with E-state index in [1.54, 1.807) is 6.92 Å². The van der Waals surface area contributed by atoms with Gasteiger partial charge in [0.1, 0.15) is 12.2 Å². The van der Waals surface area contributed by atoms with Crippen molar-refractivity contribution >= 4 is 52.8 Å². The molecule has 3 rings (SSSR count). The number of ether oxygens (including phenoxy) is 2. The van der Waals surface area contributed by atoms with E-state index < -0.39 is 40.8 Å². The molecule has 1 N–H and O–H groups in total. The number of alkyl halides is 3. The summed E-state index contributed by atoms with van der Waals surface area (Å²) >= 11 is 12.3. The average Bonchev–Trinajstić information content (AvgIpc) is 2.76. The zero-order chi connectivity index (χ0) is 25.9. The Morgan fingerprint density at radius 1 is 1.09 bits per heavy atom. The minimum Gasteiger partial charge on any atom is -0.490 e. The van der Waals surface area contributed by atoms with Crippen LogP contribution in [0.1, 0.15) is 18.1 Å². The van der Waals surface area contributed by atoms with Crippen molar-refractivity contribution in [2.24, 2.45) is 0 Å². The van der Waals surface area contributed by atoms with E-state index in [-0.39, 0.29) is 40.3 Å². The fourth-order valence-corrected chi connectivity index (χ4v) is 3.60. The molecule has 0 aromatic heterocycles. The van der Waals surface area contributed by atoms with E-state index in [2.05, 4.69) is 6.58 Å². The first kappa shape index (κ1) is 26.1. The maximum Gasteiger partial charge on any atom is 0.416 e. The Balaban J connectivity index is 2.07. The lowest BCUT2D eigenvalue weighted by Crippen LogP contribution is -2.54. The molecule has 0 radical (unpaired) electrons. The molecule has 0 unspecified atom stereocenters. The van der Waals surface area contributed by atoms with Gasteiger partial charge in [-0.3, -0.25) is 14.9 Å². The summed E-state index contributed by atoms with van der Waals surface area (Å²) in [7, 11) is 0. The molecule has 7 nitrogen and oxygen atoms in total. The van der Waals surface area contributed by atoms with Crippen molar-refractivity contribution in [3.8, 4) is 11.5 Å². The number of carbonyl (C=O) groups is 3. The van der Waals surface area contributed by atoms with E-state index in [0.29, 0.717) is 17.0 Å². The third-order valence-corrected chi connectivity index (χ3v) is 5.20. The van der Waals surface area contributed by atoms with Gasteiger partial charge in [0.2, 0.25) is 0 Å². The standard InChI is InChI=1S/C23H17Cl2F3N2O5/c1-3-7-35-19-16(25)9-12(10-18(19)34-4-2)8-14-20(31)29-22(33)30(21(14)32)17-11-13(23(26,27)28)5-6-15(17)24/h3,5-6,8-11H,1,4,7H2,2H3,(H,29,31,33)/b14-8-. The van der Waals surface area contributed by atoms with Gasteiger partial charge in [0.15, 0.2) is 11.5 Å². The zero-order valence-corrected chi connectivity index (χ0v) is 19.6. The quantitative estimate of drug-likeness (QED) is 0.285. The SMILES string of the molecule is C=CCOc1c(Cl)cc(/C=C2/C(=O)NC(=O)N(c3cc(C(F)(F)F)ccc3Cl)C2=O)cc1OCC. The summed E-state index contributed by atoms with van der Waals surface area (Å²) in [6, 6.07) is 3.72. The molecule has 0 bridgehead atoms. The highest BCUT2D eigenvalue weighted by Crippen LogP contribution is 2.39. The summed E-state index contributed by atoms with van der Waals surface area (Å²) in [6.45, 7) is 5.65. The maximum atomic E-state index is 13.2. The lowest BCUT2D eigenvalue weighted by molar-refractivity contribution is -0.137. The highest BCUT2D eigenvalue weighted by Gasteiger charge is 2.39. The summed E-state index contributed by atoms with van der Waals surface area (Å²) in [6.07, 6.45) is -2.15. The predicted octanol–water partition coefficient (Wildman–Crippen LogP) is 5.64. The second kappa shape index (κ2) is 10.4. The summed E-state index contributed by atoms with van der Waals surface area (Å²) in [5.41, 5.74) is -1.99. The van der Waals surface area contributed by atoms with Gasteiger partial charge in [0, 0.05) is 0 Å². The van der Waals surface area contributed by atoms with Crippen LogP contribution in [0.15, 0.2) is 48.6 Å². The molecular weight excluding hydrogens is 512 g/mol. The Bertz CT molecular complexity index is 1240. The van der Waals surface area contributed by atoms with Crippen LogP contribution in [0, 0.1) is 0 Å². The minimum atomic E-state index is -4.76. The Hall–Kier alpha value is -3.50. The molecule has 12 heteroatoms. The fraction of sp³-hybridized carbons (Fsp3) is 0.174. The Kier molecular flexibility index (Phi) is 7.76. The Morgan fingerprint density at radius 3 is 2.43 bits per heavy atom. The molecule has 184 valence electrons. The third kappa shape index (κ3) is 5.60. The Morgan fingerprint density at radius 2 is 1.80 bits per heavy atom. The van der Waals surface area contributed by atoms with E-state index in [1.807, 2.05) is 5.32 Å². The molecule has 1 fully saturated rings. The summed E-state index contributed by atoms with van der Waals surface area (Å²) in [5, 5.41) is 1.72. The first-order valence-corrected chi connectivity index (χ1v) is 10.7. The molecule has 0 spiro atoms. The van der Waals surface area contributed by atoms with Crippen LogP contribution in [-0.4, -0.2) is 31.1 Å². The summed E-state index contributed by atoms with van der Waals surface area (Å²) < 4.78 is 50.6. The van der Waals surface area contributed by atoms with Crippen molar-refractivity contribution in [1.82, 2.24) is 5.32 Å². The molecule has 2 aromatic rings. The molecular formula is C23H17Cl2F3N2O5. The number of nitrogens with zero attached hydrogens (tertiary/aromatic N) is 1. The van der Waals surface area contributed by atoms with Crippen LogP contribution in [0.5, 0.6) is 11.5 Å². The number of anilines is 1. The Labute approximate surface area is 207 Å². The molecule has 35 heavy (non-hydrogen) atoms. The van der Waals surface area contributed by atoms with Gasteiger partial charge in [-0.2, -0.15) is 13.2 Å². The highest BCUT2D eigenvalue weighted by atomic mass is 35.5. The van der Waals surface area contributed by atoms with Crippen molar-refractivity contribution in [3.63, 3.8) is 0 Å². The first-order chi connectivity index (χ1) is 16.5. The molecule has 0 saturated carbocycles. The minimum absolute atomic E-state index is 0.0992. The first-order valence-electron chi connectivity index (χ1n) is 9.96. The number of barbiturate groups is 1. The lowest BCUT2D eigenvalue weighted by Gasteiger charge is -2.27. The van der Waals surface area contributed by atoms with Gasteiger partial charge in [-0.1, -0.05) is 35.9 Å². The van der Waals surface area contributed by atoms with Gasteiger partial charge in [-0.25, -0.2) is 9.69 Å². The van der Waals surface area contributed by atoms with Crippen LogP contribution in [-0.2, 0) is 15.8 Å². The van der Waals surface area contributed by atoms with Crippen LogP contribution in [0.3, 0.4) is 0 Å². The van der Waals surface area contributed by atoms with Crippen molar-refractivity contribution in [3.05, 3.63) is 69.7 Å². The third-order valence-electron chi connectivity index (χ3n) is 4.60. The monoisotopic (exact) mass is 528 g/mol. The van der Waals surface area contributed by atoms with Gasteiger partial charge in [-0.15, -0.1) is 0 Å². The van der Waals surface area contributed by atoms with Crippen LogP contribution in [0.2, 0.25) is 10.0 Å². The van der Waals surface area contributed by atoms with E-state index in [4.69, 9.17) is 32.7 Å².